The molecule has 1 aliphatic heterocycles. The van der Waals surface area contributed by atoms with Gasteiger partial charge in [-0.3, -0.25) is 4.90 Å². The van der Waals surface area contributed by atoms with E-state index in [1.165, 1.54) is 25.3 Å². The molecule has 1 saturated heterocycles. The first-order valence-corrected chi connectivity index (χ1v) is 7.55. The zero-order valence-electron chi connectivity index (χ0n) is 10.6. The van der Waals surface area contributed by atoms with Gasteiger partial charge in [0.05, 0.1) is 0 Å². The smallest absolute Gasteiger partial charge is 0.0247 e. The Morgan fingerprint density at radius 1 is 1.47 bits per heavy atom. The molecule has 2 nitrogen and oxygen atoms in total. The summed E-state index contributed by atoms with van der Waals surface area (Å²) in [6.45, 7) is 10.6. The van der Waals surface area contributed by atoms with E-state index in [1.54, 1.807) is 0 Å². The maximum atomic E-state index is 3.52. The summed E-state index contributed by atoms with van der Waals surface area (Å²) in [6, 6.07) is 1.50. The molecule has 0 spiro atoms. The molecule has 90 valence electrons. The molecule has 2 atom stereocenters. The Balaban J connectivity index is 2.60. The fraction of sp³-hybridized carbons (Fsp3) is 1.00. The molecular weight excluding hydrogens is 204 g/mol. The van der Waals surface area contributed by atoms with Crippen LogP contribution in [-0.2, 0) is 0 Å². The topological polar surface area (TPSA) is 15.3 Å². The first kappa shape index (κ1) is 13.3. The van der Waals surface area contributed by atoms with Gasteiger partial charge in [-0.2, -0.15) is 11.8 Å². The van der Waals surface area contributed by atoms with Gasteiger partial charge in [-0.25, -0.2) is 0 Å². The minimum absolute atomic E-state index is 0.732. The minimum Gasteiger partial charge on any atom is -0.314 e. The third kappa shape index (κ3) is 3.65. The molecule has 1 fully saturated rings. The van der Waals surface area contributed by atoms with Crippen molar-refractivity contribution in [2.24, 2.45) is 5.92 Å². The average molecular weight is 230 g/mol. The van der Waals surface area contributed by atoms with Gasteiger partial charge in [0.25, 0.3) is 0 Å². The van der Waals surface area contributed by atoms with E-state index < -0.39 is 0 Å². The summed E-state index contributed by atoms with van der Waals surface area (Å²) < 4.78 is 0. The number of piperazine rings is 1. The van der Waals surface area contributed by atoms with Gasteiger partial charge in [0.1, 0.15) is 0 Å². The van der Waals surface area contributed by atoms with Gasteiger partial charge in [-0.1, -0.05) is 20.8 Å². The van der Waals surface area contributed by atoms with E-state index in [1.807, 2.05) is 11.8 Å². The Bertz CT molecular complexity index is 173. The molecule has 2 unspecified atom stereocenters. The summed E-state index contributed by atoms with van der Waals surface area (Å²) in [5.41, 5.74) is 0. The molecule has 1 heterocycles. The number of hydrogen-bond acceptors (Lipinski definition) is 3. The summed E-state index contributed by atoms with van der Waals surface area (Å²) in [4.78, 5) is 2.73. The van der Waals surface area contributed by atoms with Crippen LogP contribution in [0.3, 0.4) is 0 Å². The van der Waals surface area contributed by atoms with Gasteiger partial charge >= 0.3 is 0 Å². The van der Waals surface area contributed by atoms with Gasteiger partial charge in [0, 0.05) is 37.5 Å². The van der Waals surface area contributed by atoms with Crippen LogP contribution >= 0.6 is 11.8 Å². The van der Waals surface area contributed by atoms with Gasteiger partial charge in [0.2, 0.25) is 0 Å². The van der Waals surface area contributed by atoms with Crippen LogP contribution in [-0.4, -0.2) is 48.6 Å². The molecule has 0 aromatic rings. The second-order valence-electron chi connectivity index (χ2n) is 4.77. The van der Waals surface area contributed by atoms with Crippen LogP contribution in [0.4, 0.5) is 0 Å². The van der Waals surface area contributed by atoms with Crippen molar-refractivity contribution in [1.29, 1.82) is 0 Å². The highest BCUT2D eigenvalue weighted by Gasteiger charge is 2.29. The lowest BCUT2D eigenvalue weighted by atomic mass is 9.98. The molecule has 3 heteroatoms. The third-order valence-corrected chi connectivity index (χ3v) is 4.11. The van der Waals surface area contributed by atoms with Crippen molar-refractivity contribution < 1.29 is 0 Å². The SMILES string of the molecule is CCC(CSC)N1CCNCC1C(C)C. The molecule has 0 aromatic carbocycles. The van der Waals surface area contributed by atoms with Gasteiger partial charge in [0.15, 0.2) is 0 Å². The molecule has 0 radical (unpaired) electrons. The monoisotopic (exact) mass is 230 g/mol. The van der Waals surface area contributed by atoms with Crippen LogP contribution in [0.5, 0.6) is 0 Å². The molecule has 0 amide bonds. The average Bonchev–Trinajstić information content (AvgIpc) is 2.26. The second kappa shape index (κ2) is 6.77. The minimum atomic E-state index is 0.732. The van der Waals surface area contributed by atoms with Crippen LogP contribution in [0.25, 0.3) is 0 Å². The highest BCUT2D eigenvalue weighted by Crippen LogP contribution is 2.19. The number of hydrogen-bond donors (Lipinski definition) is 1. The van der Waals surface area contributed by atoms with E-state index in [4.69, 9.17) is 0 Å². The van der Waals surface area contributed by atoms with Crippen LogP contribution in [0, 0.1) is 5.92 Å². The lowest BCUT2D eigenvalue weighted by Crippen LogP contribution is -2.57. The van der Waals surface area contributed by atoms with Crippen LogP contribution in [0.2, 0.25) is 0 Å². The molecule has 0 aliphatic carbocycles. The number of nitrogens with one attached hydrogen (secondary N) is 1. The zero-order valence-corrected chi connectivity index (χ0v) is 11.4. The Kier molecular flexibility index (Phi) is 6.02. The molecule has 0 saturated carbocycles. The number of rotatable bonds is 5. The quantitative estimate of drug-likeness (QED) is 0.778. The number of thioether (sulfide) groups is 1. The molecular formula is C12H26N2S. The van der Waals surface area contributed by atoms with E-state index in [0.717, 1.165) is 24.5 Å². The summed E-state index contributed by atoms with van der Waals surface area (Å²) in [5, 5.41) is 3.52. The van der Waals surface area contributed by atoms with E-state index in [9.17, 15) is 0 Å². The second-order valence-corrected chi connectivity index (χ2v) is 5.68. The highest BCUT2D eigenvalue weighted by molar-refractivity contribution is 7.98. The predicted molar refractivity (Wildman–Crippen MR) is 70.7 cm³/mol. The first-order valence-electron chi connectivity index (χ1n) is 6.16. The molecule has 1 N–H and O–H groups in total. The highest BCUT2D eigenvalue weighted by atomic mass is 32.2. The fourth-order valence-corrected chi connectivity index (χ4v) is 3.27. The third-order valence-electron chi connectivity index (χ3n) is 3.40. The summed E-state index contributed by atoms with van der Waals surface area (Å²) in [7, 11) is 0. The lowest BCUT2D eigenvalue weighted by molar-refractivity contribution is 0.0848. The Hall–Kier alpha value is 0.270. The maximum absolute atomic E-state index is 3.52. The van der Waals surface area contributed by atoms with Crippen LogP contribution in [0.15, 0.2) is 0 Å². The Morgan fingerprint density at radius 3 is 2.73 bits per heavy atom. The van der Waals surface area contributed by atoms with Crippen LogP contribution < -0.4 is 5.32 Å². The van der Waals surface area contributed by atoms with Gasteiger partial charge < -0.3 is 5.32 Å². The summed E-state index contributed by atoms with van der Waals surface area (Å²) in [5.74, 6) is 2.04. The van der Waals surface area contributed by atoms with Crippen LogP contribution in [0.1, 0.15) is 27.2 Å². The van der Waals surface area contributed by atoms with Crippen molar-refractivity contribution in [3.8, 4) is 0 Å². The lowest BCUT2D eigenvalue weighted by Gasteiger charge is -2.43. The van der Waals surface area contributed by atoms with E-state index >= 15 is 0 Å². The van der Waals surface area contributed by atoms with Gasteiger partial charge in [-0.15, -0.1) is 0 Å². The van der Waals surface area contributed by atoms with Gasteiger partial charge in [-0.05, 0) is 18.6 Å². The van der Waals surface area contributed by atoms with Crippen molar-refractivity contribution in [2.75, 3.05) is 31.6 Å². The fourth-order valence-electron chi connectivity index (χ4n) is 2.45. The molecule has 15 heavy (non-hydrogen) atoms. The predicted octanol–water partition coefficient (Wildman–Crippen LogP) is 2.06. The van der Waals surface area contributed by atoms with E-state index in [-0.39, 0.29) is 0 Å². The molecule has 0 bridgehead atoms. The first-order chi connectivity index (χ1) is 7.20. The van der Waals surface area contributed by atoms with Crippen molar-refractivity contribution in [1.82, 2.24) is 10.2 Å². The summed E-state index contributed by atoms with van der Waals surface area (Å²) in [6.07, 6.45) is 3.50. The molecule has 1 aliphatic rings. The summed E-state index contributed by atoms with van der Waals surface area (Å²) >= 11 is 1.98. The zero-order chi connectivity index (χ0) is 11.3. The molecule has 1 rings (SSSR count). The standard InChI is InChI=1S/C12H26N2S/c1-5-11(9-15-4)14-7-6-13-8-12(14)10(2)3/h10-13H,5-9H2,1-4H3. The molecule has 0 aromatic heterocycles. The van der Waals surface area contributed by atoms with Crippen molar-refractivity contribution in [3.63, 3.8) is 0 Å². The van der Waals surface area contributed by atoms with Crippen molar-refractivity contribution in [2.45, 2.75) is 39.3 Å². The Labute approximate surface area is 99.2 Å². The van der Waals surface area contributed by atoms with Crippen molar-refractivity contribution in [3.05, 3.63) is 0 Å². The number of nitrogens with zero attached hydrogens (tertiary/aromatic N) is 1. The largest absolute Gasteiger partial charge is 0.314 e. The van der Waals surface area contributed by atoms with Crippen molar-refractivity contribution >= 4 is 11.8 Å². The van der Waals surface area contributed by atoms with E-state index in [0.29, 0.717) is 0 Å². The maximum Gasteiger partial charge on any atom is 0.0247 e. The Morgan fingerprint density at radius 2 is 2.20 bits per heavy atom. The van der Waals surface area contributed by atoms with E-state index in [2.05, 4.69) is 37.2 Å². The normalized spacial score (nSPS) is 25.8.